The second-order valence-electron chi connectivity index (χ2n) is 3.14. The molecule has 3 nitrogen and oxygen atoms in total. The van der Waals surface area contributed by atoms with E-state index in [0.717, 1.165) is 3.57 Å². The van der Waals surface area contributed by atoms with Crippen molar-refractivity contribution in [2.75, 3.05) is 0 Å². The molecule has 0 fully saturated rings. The fraction of sp³-hybridized carbons (Fsp3) is 0.222. The zero-order valence-electron chi connectivity index (χ0n) is 7.42. The standard InChI is InChI=1S/C9H9ClINO2/c1-9(12,8(13)14)5-2-3-6(10)7(11)4-5/h2-4H,12H2,1H3,(H,13,14)/t9-/m0/s1. The molecule has 0 aliphatic heterocycles. The lowest BCUT2D eigenvalue weighted by Gasteiger charge is -2.19. The van der Waals surface area contributed by atoms with Crippen LogP contribution in [0.5, 0.6) is 0 Å². The van der Waals surface area contributed by atoms with Crippen LogP contribution in [-0.4, -0.2) is 11.1 Å². The highest BCUT2D eigenvalue weighted by Gasteiger charge is 2.30. The largest absolute Gasteiger partial charge is 0.480 e. The monoisotopic (exact) mass is 325 g/mol. The SMILES string of the molecule is C[C@@](N)(C(=O)O)c1ccc(Cl)c(I)c1. The van der Waals surface area contributed by atoms with Gasteiger partial charge in [0.25, 0.3) is 0 Å². The molecule has 1 atom stereocenters. The van der Waals surface area contributed by atoms with Gasteiger partial charge in [-0.15, -0.1) is 0 Å². The van der Waals surface area contributed by atoms with Crippen molar-refractivity contribution in [2.45, 2.75) is 12.5 Å². The van der Waals surface area contributed by atoms with E-state index in [1.807, 2.05) is 22.6 Å². The normalized spacial score (nSPS) is 14.9. The molecule has 0 heterocycles. The first kappa shape index (κ1) is 11.7. The third-order valence-corrected chi connectivity index (χ3v) is 3.50. The van der Waals surface area contributed by atoms with Gasteiger partial charge in [0, 0.05) is 3.57 Å². The van der Waals surface area contributed by atoms with Crippen LogP contribution in [0.4, 0.5) is 0 Å². The van der Waals surface area contributed by atoms with Crippen LogP contribution in [0.2, 0.25) is 5.02 Å². The Balaban J connectivity index is 3.21. The molecule has 0 aliphatic rings. The van der Waals surface area contributed by atoms with Crippen molar-refractivity contribution in [3.63, 3.8) is 0 Å². The molecule has 76 valence electrons. The molecule has 0 saturated carbocycles. The molecule has 5 heteroatoms. The van der Waals surface area contributed by atoms with Crippen molar-refractivity contribution in [3.05, 3.63) is 32.4 Å². The third-order valence-electron chi connectivity index (χ3n) is 1.96. The molecular formula is C9H9ClINO2. The molecular weight excluding hydrogens is 316 g/mol. The maximum absolute atomic E-state index is 10.9. The minimum atomic E-state index is -1.37. The van der Waals surface area contributed by atoms with E-state index in [4.69, 9.17) is 22.4 Å². The summed E-state index contributed by atoms with van der Waals surface area (Å²) in [5.41, 5.74) is 4.82. The number of carbonyl (C=O) groups is 1. The van der Waals surface area contributed by atoms with E-state index in [1.54, 1.807) is 18.2 Å². The van der Waals surface area contributed by atoms with Gasteiger partial charge >= 0.3 is 5.97 Å². The van der Waals surface area contributed by atoms with E-state index in [1.165, 1.54) is 6.92 Å². The third kappa shape index (κ3) is 2.18. The number of aliphatic carboxylic acids is 1. The Kier molecular flexibility index (Phi) is 3.39. The number of benzene rings is 1. The highest BCUT2D eigenvalue weighted by atomic mass is 127. The first-order valence-electron chi connectivity index (χ1n) is 3.83. The molecule has 0 radical (unpaired) electrons. The van der Waals surface area contributed by atoms with Crippen molar-refractivity contribution < 1.29 is 9.90 Å². The number of hydrogen-bond acceptors (Lipinski definition) is 2. The van der Waals surface area contributed by atoms with Gasteiger partial charge < -0.3 is 10.8 Å². The van der Waals surface area contributed by atoms with Crippen molar-refractivity contribution >= 4 is 40.2 Å². The van der Waals surface area contributed by atoms with Crippen molar-refractivity contribution in [2.24, 2.45) is 5.73 Å². The van der Waals surface area contributed by atoms with Crippen LogP contribution in [0.3, 0.4) is 0 Å². The summed E-state index contributed by atoms with van der Waals surface area (Å²) < 4.78 is 0.791. The predicted molar refractivity (Wildman–Crippen MR) is 63.3 cm³/mol. The Morgan fingerprint density at radius 3 is 2.64 bits per heavy atom. The summed E-state index contributed by atoms with van der Waals surface area (Å²) in [6.45, 7) is 1.45. The Morgan fingerprint density at radius 2 is 2.21 bits per heavy atom. The molecule has 1 rings (SSSR count). The summed E-state index contributed by atoms with van der Waals surface area (Å²) in [6.07, 6.45) is 0. The lowest BCUT2D eigenvalue weighted by molar-refractivity contribution is -0.143. The lowest BCUT2D eigenvalue weighted by Crippen LogP contribution is -2.41. The number of carboxylic acid groups (broad SMARTS) is 1. The van der Waals surface area contributed by atoms with Crippen molar-refractivity contribution in [1.82, 2.24) is 0 Å². The molecule has 0 aromatic heterocycles. The van der Waals surface area contributed by atoms with E-state index >= 15 is 0 Å². The molecule has 0 bridgehead atoms. The first-order chi connectivity index (χ1) is 6.35. The van der Waals surface area contributed by atoms with Crippen LogP contribution in [-0.2, 0) is 10.3 Å². The minimum Gasteiger partial charge on any atom is -0.480 e. The van der Waals surface area contributed by atoms with Gasteiger partial charge in [-0.25, -0.2) is 4.79 Å². The van der Waals surface area contributed by atoms with Crippen LogP contribution in [0.25, 0.3) is 0 Å². The topological polar surface area (TPSA) is 63.3 Å². The van der Waals surface area contributed by atoms with Gasteiger partial charge in [0.15, 0.2) is 0 Å². The van der Waals surface area contributed by atoms with E-state index in [9.17, 15) is 4.79 Å². The second-order valence-corrected chi connectivity index (χ2v) is 4.71. The fourth-order valence-corrected chi connectivity index (χ4v) is 1.58. The zero-order valence-corrected chi connectivity index (χ0v) is 10.3. The molecule has 1 aromatic rings. The van der Waals surface area contributed by atoms with E-state index in [0.29, 0.717) is 10.6 Å². The molecule has 14 heavy (non-hydrogen) atoms. The fourth-order valence-electron chi connectivity index (χ4n) is 0.943. The van der Waals surface area contributed by atoms with Gasteiger partial charge in [-0.1, -0.05) is 17.7 Å². The summed E-state index contributed by atoms with van der Waals surface area (Å²) in [4.78, 5) is 10.9. The molecule has 0 spiro atoms. The van der Waals surface area contributed by atoms with Crippen molar-refractivity contribution in [3.8, 4) is 0 Å². The van der Waals surface area contributed by atoms with Crippen LogP contribution in [0.15, 0.2) is 18.2 Å². The van der Waals surface area contributed by atoms with Gasteiger partial charge in [-0.05, 0) is 47.2 Å². The smallest absolute Gasteiger partial charge is 0.328 e. The average Bonchev–Trinajstić information content (AvgIpc) is 2.09. The highest BCUT2D eigenvalue weighted by Crippen LogP contribution is 2.25. The van der Waals surface area contributed by atoms with Gasteiger partial charge in [-0.3, -0.25) is 0 Å². The van der Waals surface area contributed by atoms with Gasteiger partial charge in [-0.2, -0.15) is 0 Å². The Morgan fingerprint density at radius 1 is 1.64 bits per heavy atom. The summed E-state index contributed by atoms with van der Waals surface area (Å²) >= 11 is 7.85. The van der Waals surface area contributed by atoms with E-state index < -0.39 is 11.5 Å². The summed E-state index contributed by atoms with van der Waals surface area (Å²) in [6, 6.07) is 4.95. The average molecular weight is 326 g/mol. The van der Waals surface area contributed by atoms with Gasteiger partial charge in [0.2, 0.25) is 0 Å². The molecule has 0 amide bonds. The van der Waals surface area contributed by atoms with Gasteiger partial charge in [0.05, 0.1) is 5.02 Å². The molecule has 0 unspecified atom stereocenters. The molecule has 3 N–H and O–H groups in total. The number of rotatable bonds is 2. The predicted octanol–water partition coefficient (Wildman–Crippen LogP) is 2.20. The van der Waals surface area contributed by atoms with Crippen molar-refractivity contribution in [1.29, 1.82) is 0 Å². The number of hydrogen-bond donors (Lipinski definition) is 2. The highest BCUT2D eigenvalue weighted by molar-refractivity contribution is 14.1. The second kappa shape index (κ2) is 4.04. The summed E-state index contributed by atoms with van der Waals surface area (Å²) in [5, 5.41) is 9.49. The Bertz CT molecular complexity index is 379. The zero-order chi connectivity index (χ0) is 10.9. The Labute approximate surface area is 100 Å². The first-order valence-corrected chi connectivity index (χ1v) is 5.29. The van der Waals surface area contributed by atoms with Crippen LogP contribution >= 0.6 is 34.2 Å². The maximum atomic E-state index is 10.9. The quantitative estimate of drug-likeness (QED) is 0.820. The molecule has 0 saturated heterocycles. The molecule has 1 aromatic carbocycles. The summed E-state index contributed by atoms with van der Waals surface area (Å²) in [7, 11) is 0. The number of carboxylic acids is 1. The summed E-state index contributed by atoms with van der Waals surface area (Å²) in [5.74, 6) is -1.06. The van der Waals surface area contributed by atoms with E-state index in [2.05, 4.69) is 0 Å². The number of halogens is 2. The van der Waals surface area contributed by atoms with Gasteiger partial charge in [0.1, 0.15) is 5.54 Å². The van der Waals surface area contributed by atoms with E-state index in [-0.39, 0.29) is 0 Å². The van der Waals surface area contributed by atoms with Crippen LogP contribution in [0.1, 0.15) is 12.5 Å². The number of nitrogens with two attached hydrogens (primary N) is 1. The van der Waals surface area contributed by atoms with Crippen LogP contribution < -0.4 is 5.73 Å². The Hall–Kier alpha value is -0.330. The molecule has 0 aliphatic carbocycles. The minimum absolute atomic E-state index is 0.541. The van der Waals surface area contributed by atoms with Crippen LogP contribution in [0, 0.1) is 3.57 Å². The lowest BCUT2D eigenvalue weighted by atomic mass is 9.94. The maximum Gasteiger partial charge on any atom is 0.328 e.